The Morgan fingerprint density at radius 2 is 2.31 bits per heavy atom. The highest BCUT2D eigenvalue weighted by Crippen LogP contribution is 2.08. The Kier molecular flexibility index (Phi) is 2.96. The number of H-pyrrole nitrogens is 1. The lowest BCUT2D eigenvalue weighted by atomic mass is 10.2. The third-order valence-electron chi connectivity index (χ3n) is 2.33. The molecule has 0 fully saturated rings. The summed E-state index contributed by atoms with van der Waals surface area (Å²) < 4.78 is 12.9. The predicted molar refractivity (Wildman–Crippen MR) is 60.0 cm³/mol. The summed E-state index contributed by atoms with van der Waals surface area (Å²) in [6, 6.07) is 4.02. The zero-order valence-electron chi connectivity index (χ0n) is 8.88. The van der Waals surface area contributed by atoms with Gasteiger partial charge in [-0.25, -0.2) is 9.37 Å². The van der Waals surface area contributed by atoms with Crippen LogP contribution in [0.5, 0.6) is 0 Å². The minimum absolute atomic E-state index is 0.285. The van der Waals surface area contributed by atoms with E-state index in [1.807, 2.05) is 7.05 Å². The third kappa shape index (κ3) is 2.09. The summed E-state index contributed by atoms with van der Waals surface area (Å²) in [5.74, 6) is 0.182. The van der Waals surface area contributed by atoms with Crippen molar-refractivity contribution in [2.75, 3.05) is 13.6 Å². The van der Waals surface area contributed by atoms with E-state index in [1.165, 1.54) is 18.2 Å². The molecular formula is C11H12FN3O. The van der Waals surface area contributed by atoms with Gasteiger partial charge in [0.05, 0.1) is 10.9 Å². The highest BCUT2D eigenvalue weighted by molar-refractivity contribution is 5.77. The first-order valence-electron chi connectivity index (χ1n) is 5.04. The smallest absolute Gasteiger partial charge is 0.258 e. The number of aromatic nitrogens is 2. The number of fused-ring (bicyclic) bond motifs is 1. The van der Waals surface area contributed by atoms with Gasteiger partial charge in [-0.05, 0) is 25.2 Å². The molecule has 5 heteroatoms. The first-order valence-corrected chi connectivity index (χ1v) is 5.04. The Balaban J connectivity index is 2.51. The Morgan fingerprint density at radius 3 is 3.06 bits per heavy atom. The fourth-order valence-corrected chi connectivity index (χ4v) is 1.52. The average Bonchev–Trinajstić information content (AvgIpc) is 2.27. The molecule has 0 saturated carbocycles. The molecule has 2 N–H and O–H groups in total. The summed E-state index contributed by atoms with van der Waals surface area (Å²) in [6.45, 7) is 0.732. The second-order valence-electron chi connectivity index (χ2n) is 3.53. The molecule has 0 aliphatic heterocycles. The molecule has 2 aromatic rings. The van der Waals surface area contributed by atoms with Gasteiger partial charge in [0.2, 0.25) is 0 Å². The zero-order valence-corrected chi connectivity index (χ0v) is 8.88. The van der Waals surface area contributed by atoms with Crippen molar-refractivity contribution < 1.29 is 4.39 Å². The molecule has 0 bridgehead atoms. The van der Waals surface area contributed by atoms with Gasteiger partial charge in [0.25, 0.3) is 5.56 Å². The summed E-state index contributed by atoms with van der Waals surface area (Å²) in [5.41, 5.74) is 0.229. The van der Waals surface area contributed by atoms with Crippen molar-refractivity contribution in [2.24, 2.45) is 0 Å². The van der Waals surface area contributed by atoms with Crippen molar-refractivity contribution >= 4 is 10.9 Å². The van der Waals surface area contributed by atoms with Crippen molar-refractivity contribution in [3.05, 3.63) is 40.2 Å². The Morgan fingerprint density at radius 1 is 1.50 bits per heavy atom. The Bertz CT molecular complexity index is 565. The van der Waals surface area contributed by atoms with Crippen LogP contribution in [0.15, 0.2) is 23.0 Å². The van der Waals surface area contributed by atoms with Crippen molar-refractivity contribution in [1.29, 1.82) is 0 Å². The number of benzene rings is 1. The van der Waals surface area contributed by atoms with Gasteiger partial charge in [-0.1, -0.05) is 0 Å². The number of hydrogen-bond donors (Lipinski definition) is 2. The number of likely N-dealkylation sites (N-methyl/N-ethyl adjacent to an activating group) is 1. The van der Waals surface area contributed by atoms with Gasteiger partial charge >= 0.3 is 0 Å². The summed E-state index contributed by atoms with van der Waals surface area (Å²) in [5, 5.41) is 3.26. The molecule has 1 aromatic heterocycles. The largest absolute Gasteiger partial charge is 0.319 e. The van der Waals surface area contributed by atoms with Crippen LogP contribution in [-0.4, -0.2) is 23.6 Å². The van der Waals surface area contributed by atoms with E-state index in [9.17, 15) is 9.18 Å². The molecule has 16 heavy (non-hydrogen) atoms. The van der Waals surface area contributed by atoms with E-state index in [0.717, 1.165) is 6.54 Å². The van der Waals surface area contributed by atoms with E-state index >= 15 is 0 Å². The number of halogens is 1. The van der Waals surface area contributed by atoms with Gasteiger partial charge in [-0.15, -0.1) is 0 Å². The van der Waals surface area contributed by atoms with E-state index in [-0.39, 0.29) is 10.9 Å². The molecule has 0 atom stereocenters. The van der Waals surface area contributed by atoms with Crippen LogP contribution in [0.25, 0.3) is 10.9 Å². The van der Waals surface area contributed by atoms with Crippen molar-refractivity contribution in [2.45, 2.75) is 6.42 Å². The Hall–Kier alpha value is -1.75. The third-order valence-corrected chi connectivity index (χ3v) is 2.33. The quantitative estimate of drug-likeness (QED) is 0.807. The lowest BCUT2D eigenvalue weighted by Gasteiger charge is -2.02. The van der Waals surface area contributed by atoms with Crippen LogP contribution in [-0.2, 0) is 6.42 Å². The zero-order chi connectivity index (χ0) is 11.5. The first-order chi connectivity index (χ1) is 7.70. The SMILES string of the molecule is CNCCc1nc2ccc(F)cc2c(=O)[nH]1. The van der Waals surface area contributed by atoms with E-state index < -0.39 is 5.82 Å². The average molecular weight is 221 g/mol. The van der Waals surface area contributed by atoms with Crippen molar-refractivity contribution in [1.82, 2.24) is 15.3 Å². The second kappa shape index (κ2) is 4.40. The molecule has 0 spiro atoms. The lowest BCUT2D eigenvalue weighted by Crippen LogP contribution is -2.17. The maximum Gasteiger partial charge on any atom is 0.258 e. The molecule has 0 saturated heterocycles. The highest BCUT2D eigenvalue weighted by Gasteiger charge is 2.04. The minimum atomic E-state index is -0.428. The van der Waals surface area contributed by atoms with E-state index in [2.05, 4.69) is 15.3 Å². The van der Waals surface area contributed by atoms with Gasteiger partial charge in [0, 0.05) is 13.0 Å². The molecule has 0 radical (unpaired) electrons. The first kappa shape index (κ1) is 10.8. The molecular weight excluding hydrogens is 209 g/mol. The van der Waals surface area contributed by atoms with Crippen LogP contribution in [0.2, 0.25) is 0 Å². The monoisotopic (exact) mass is 221 g/mol. The van der Waals surface area contributed by atoms with Crippen molar-refractivity contribution in [3.63, 3.8) is 0 Å². The number of nitrogens with zero attached hydrogens (tertiary/aromatic N) is 1. The van der Waals surface area contributed by atoms with Crippen LogP contribution in [0.1, 0.15) is 5.82 Å². The second-order valence-corrected chi connectivity index (χ2v) is 3.53. The lowest BCUT2D eigenvalue weighted by molar-refractivity contribution is 0.629. The topological polar surface area (TPSA) is 57.8 Å². The molecule has 84 valence electrons. The van der Waals surface area contributed by atoms with Gasteiger partial charge in [-0.3, -0.25) is 4.79 Å². The minimum Gasteiger partial charge on any atom is -0.319 e. The van der Waals surface area contributed by atoms with Crippen molar-refractivity contribution in [3.8, 4) is 0 Å². The van der Waals surface area contributed by atoms with Crippen LogP contribution >= 0.6 is 0 Å². The summed E-state index contributed by atoms with van der Waals surface area (Å²) >= 11 is 0. The summed E-state index contributed by atoms with van der Waals surface area (Å²) in [4.78, 5) is 18.5. The molecule has 0 unspecified atom stereocenters. The number of nitrogens with one attached hydrogen (secondary N) is 2. The maximum atomic E-state index is 12.9. The summed E-state index contributed by atoms with van der Waals surface area (Å²) in [7, 11) is 1.83. The highest BCUT2D eigenvalue weighted by atomic mass is 19.1. The molecule has 0 aliphatic carbocycles. The molecule has 0 aliphatic rings. The number of hydrogen-bond acceptors (Lipinski definition) is 3. The number of aromatic amines is 1. The predicted octanol–water partition coefficient (Wildman–Crippen LogP) is 0.824. The van der Waals surface area contributed by atoms with Crippen LogP contribution in [0, 0.1) is 5.82 Å². The fourth-order valence-electron chi connectivity index (χ4n) is 1.52. The summed E-state index contributed by atoms with van der Waals surface area (Å²) in [6.07, 6.45) is 0.638. The van der Waals surface area contributed by atoms with Gasteiger partial charge in [0.15, 0.2) is 0 Å². The van der Waals surface area contributed by atoms with Gasteiger partial charge < -0.3 is 10.3 Å². The Labute approximate surface area is 91.5 Å². The fraction of sp³-hybridized carbons (Fsp3) is 0.273. The van der Waals surface area contributed by atoms with Gasteiger partial charge in [-0.2, -0.15) is 0 Å². The molecule has 2 rings (SSSR count). The molecule has 1 aromatic carbocycles. The van der Waals surface area contributed by atoms with Crippen LogP contribution in [0.3, 0.4) is 0 Å². The number of rotatable bonds is 3. The van der Waals surface area contributed by atoms with E-state index in [0.29, 0.717) is 17.8 Å². The normalized spacial score (nSPS) is 10.9. The van der Waals surface area contributed by atoms with E-state index in [1.54, 1.807) is 0 Å². The van der Waals surface area contributed by atoms with E-state index in [4.69, 9.17) is 0 Å². The maximum absolute atomic E-state index is 12.9. The standard InChI is InChI=1S/C11H12FN3O/c1-13-5-4-10-14-9-3-2-7(12)6-8(9)11(16)15-10/h2-3,6,13H,4-5H2,1H3,(H,14,15,16). The van der Waals surface area contributed by atoms with Crippen LogP contribution < -0.4 is 10.9 Å². The molecule has 4 nitrogen and oxygen atoms in total. The van der Waals surface area contributed by atoms with Crippen LogP contribution in [0.4, 0.5) is 4.39 Å². The van der Waals surface area contributed by atoms with Gasteiger partial charge in [0.1, 0.15) is 11.6 Å². The molecule has 0 amide bonds. The molecule has 1 heterocycles.